The maximum Gasteiger partial charge on any atom is 0.387 e. The highest BCUT2D eigenvalue weighted by molar-refractivity contribution is 5.95. The molecule has 1 amide bonds. The summed E-state index contributed by atoms with van der Waals surface area (Å²) in [7, 11) is 0. The Labute approximate surface area is 149 Å². The zero-order valence-corrected chi connectivity index (χ0v) is 13.9. The first-order valence-electron chi connectivity index (χ1n) is 7.69. The fourth-order valence-electron chi connectivity index (χ4n) is 2.01. The zero-order chi connectivity index (χ0) is 18.9. The molecule has 2 aromatic carbocycles. The van der Waals surface area contributed by atoms with Gasteiger partial charge >= 0.3 is 12.6 Å². The number of carbonyl (C=O) groups excluding carboxylic acids is 2. The van der Waals surface area contributed by atoms with Crippen molar-refractivity contribution in [2.75, 3.05) is 11.9 Å². The van der Waals surface area contributed by atoms with E-state index >= 15 is 0 Å². The minimum atomic E-state index is -2.89. The first-order chi connectivity index (χ1) is 12.4. The van der Waals surface area contributed by atoms with Gasteiger partial charge in [0.25, 0.3) is 5.91 Å². The Hall–Kier alpha value is -3.22. The Balaban J connectivity index is 1.80. The minimum Gasteiger partial charge on any atom is -0.452 e. The Morgan fingerprint density at radius 2 is 1.81 bits per heavy atom. The van der Waals surface area contributed by atoms with E-state index in [-0.39, 0.29) is 5.75 Å². The Morgan fingerprint density at radius 3 is 2.46 bits per heavy atom. The summed E-state index contributed by atoms with van der Waals surface area (Å²) >= 11 is 0. The number of benzene rings is 2. The molecule has 7 heteroatoms. The predicted molar refractivity (Wildman–Crippen MR) is 92.9 cm³/mol. The van der Waals surface area contributed by atoms with E-state index in [0.29, 0.717) is 11.3 Å². The molecule has 1 N–H and O–H groups in total. The molecule has 0 fully saturated rings. The molecular weight excluding hydrogens is 344 g/mol. The number of carbonyl (C=O) groups is 2. The normalized spacial score (nSPS) is 10.8. The molecule has 0 saturated heterocycles. The summed E-state index contributed by atoms with van der Waals surface area (Å²) in [5.41, 5.74) is 2.13. The van der Waals surface area contributed by atoms with Crippen molar-refractivity contribution in [2.45, 2.75) is 13.5 Å². The molecule has 0 aliphatic rings. The quantitative estimate of drug-likeness (QED) is 0.602. The molecule has 0 unspecified atom stereocenters. The van der Waals surface area contributed by atoms with Gasteiger partial charge < -0.3 is 14.8 Å². The van der Waals surface area contributed by atoms with Crippen molar-refractivity contribution in [3.05, 3.63) is 65.7 Å². The number of nitrogens with one attached hydrogen (secondary N) is 1. The van der Waals surface area contributed by atoms with Crippen LogP contribution >= 0.6 is 0 Å². The van der Waals surface area contributed by atoms with Gasteiger partial charge in [-0.05, 0) is 42.3 Å². The summed E-state index contributed by atoms with van der Waals surface area (Å²) in [5.74, 6) is -1.13. The number of aryl methyl sites for hydroxylation is 1. The van der Waals surface area contributed by atoms with E-state index in [1.165, 1.54) is 30.3 Å². The second kappa shape index (κ2) is 9.31. The topological polar surface area (TPSA) is 64.6 Å². The summed E-state index contributed by atoms with van der Waals surface area (Å²) in [6, 6.07) is 13.0. The SMILES string of the molecule is Cc1ccccc1NC(=O)COC(=O)/C=C/c1ccc(OC(F)F)cc1. The average molecular weight is 361 g/mol. The lowest BCUT2D eigenvalue weighted by atomic mass is 10.2. The molecule has 0 radical (unpaired) electrons. The van der Waals surface area contributed by atoms with E-state index in [1.807, 2.05) is 19.1 Å². The largest absolute Gasteiger partial charge is 0.452 e. The van der Waals surface area contributed by atoms with Gasteiger partial charge in [-0.1, -0.05) is 30.3 Å². The highest BCUT2D eigenvalue weighted by Gasteiger charge is 2.07. The van der Waals surface area contributed by atoms with Crippen molar-refractivity contribution in [1.82, 2.24) is 0 Å². The third-order valence-corrected chi connectivity index (χ3v) is 3.28. The van der Waals surface area contributed by atoms with Gasteiger partial charge in [0.2, 0.25) is 0 Å². The van der Waals surface area contributed by atoms with E-state index in [9.17, 15) is 18.4 Å². The van der Waals surface area contributed by atoms with Crippen molar-refractivity contribution < 1.29 is 27.8 Å². The van der Waals surface area contributed by atoms with Crippen LogP contribution in [0, 0.1) is 6.92 Å². The fourth-order valence-corrected chi connectivity index (χ4v) is 2.01. The molecule has 0 aliphatic carbocycles. The molecule has 2 rings (SSSR count). The summed E-state index contributed by atoms with van der Waals surface area (Å²) in [4.78, 5) is 23.4. The van der Waals surface area contributed by atoms with Gasteiger partial charge in [-0.2, -0.15) is 8.78 Å². The Bertz CT molecular complexity index is 788. The number of rotatable bonds is 7. The second-order valence-electron chi connectivity index (χ2n) is 5.25. The summed E-state index contributed by atoms with van der Waals surface area (Å²) in [6.45, 7) is -1.46. The lowest BCUT2D eigenvalue weighted by Crippen LogP contribution is -2.20. The van der Waals surface area contributed by atoms with Gasteiger partial charge in [0, 0.05) is 11.8 Å². The second-order valence-corrected chi connectivity index (χ2v) is 5.25. The third-order valence-electron chi connectivity index (χ3n) is 3.28. The molecule has 0 heterocycles. The van der Waals surface area contributed by atoms with E-state index in [1.54, 1.807) is 12.1 Å². The van der Waals surface area contributed by atoms with Crippen LogP contribution in [0.3, 0.4) is 0 Å². The van der Waals surface area contributed by atoms with Crippen molar-refractivity contribution in [1.29, 1.82) is 0 Å². The molecule has 2 aromatic rings. The zero-order valence-electron chi connectivity index (χ0n) is 13.9. The number of halogens is 2. The minimum absolute atomic E-state index is 0.0209. The monoisotopic (exact) mass is 361 g/mol. The number of anilines is 1. The lowest BCUT2D eigenvalue weighted by molar-refractivity contribution is -0.142. The maximum atomic E-state index is 12.1. The highest BCUT2D eigenvalue weighted by atomic mass is 19.3. The van der Waals surface area contributed by atoms with Gasteiger partial charge in [-0.25, -0.2) is 4.79 Å². The van der Waals surface area contributed by atoms with E-state index in [0.717, 1.165) is 11.6 Å². The molecule has 0 bridgehead atoms. The first-order valence-corrected chi connectivity index (χ1v) is 7.69. The van der Waals surface area contributed by atoms with Crippen molar-refractivity contribution in [2.24, 2.45) is 0 Å². The van der Waals surface area contributed by atoms with E-state index in [4.69, 9.17) is 4.74 Å². The van der Waals surface area contributed by atoms with Crippen LogP contribution < -0.4 is 10.1 Å². The Kier molecular flexibility index (Phi) is 6.84. The van der Waals surface area contributed by atoms with Crippen LogP contribution in [0.5, 0.6) is 5.75 Å². The average Bonchev–Trinajstić information content (AvgIpc) is 2.61. The molecular formula is C19H17F2NO4. The summed E-state index contributed by atoms with van der Waals surface area (Å²) < 4.78 is 33.2. The molecule has 26 heavy (non-hydrogen) atoms. The summed E-state index contributed by atoms with van der Waals surface area (Å²) in [6.07, 6.45) is 2.58. The van der Waals surface area contributed by atoms with Crippen LogP contribution in [0.25, 0.3) is 6.08 Å². The number of hydrogen-bond acceptors (Lipinski definition) is 4. The van der Waals surface area contributed by atoms with Gasteiger partial charge in [-0.15, -0.1) is 0 Å². The van der Waals surface area contributed by atoms with Crippen LogP contribution in [-0.2, 0) is 14.3 Å². The number of para-hydroxylation sites is 1. The van der Waals surface area contributed by atoms with Gasteiger partial charge in [0.15, 0.2) is 6.61 Å². The van der Waals surface area contributed by atoms with Crippen molar-refractivity contribution in [3.63, 3.8) is 0 Å². The molecule has 0 saturated carbocycles. The lowest BCUT2D eigenvalue weighted by Gasteiger charge is -2.07. The molecule has 136 valence electrons. The van der Waals surface area contributed by atoms with Crippen LogP contribution in [0.2, 0.25) is 0 Å². The smallest absolute Gasteiger partial charge is 0.387 e. The number of alkyl halides is 2. The van der Waals surface area contributed by atoms with Crippen LogP contribution in [-0.4, -0.2) is 25.1 Å². The molecule has 5 nitrogen and oxygen atoms in total. The van der Waals surface area contributed by atoms with Crippen LogP contribution in [0.1, 0.15) is 11.1 Å². The van der Waals surface area contributed by atoms with Crippen molar-refractivity contribution in [3.8, 4) is 5.75 Å². The van der Waals surface area contributed by atoms with Gasteiger partial charge in [-0.3, -0.25) is 4.79 Å². The van der Waals surface area contributed by atoms with Crippen LogP contribution in [0.4, 0.5) is 14.5 Å². The fraction of sp³-hybridized carbons (Fsp3) is 0.158. The number of esters is 1. The first kappa shape index (κ1) is 19.1. The maximum absolute atomic E-state index is 12.1. The third kappa shape index (κ3) is 6.35. The van der Waals surface area contributed by atoms with E-state index < -0.39 is 25.1 Å². The number of hydrogen-bond donors (Lipinski definition) is 1. The molecule has 0 aliphatic heterocycles. The molecule has 0 spiro atoms. The number of amides is 1. The van der Waals surface area contributed by atoms with Crippen molar-refractivity contribution >= 4 is 23.6 Å². The van der Waals surface area contributed by atoms with Crippen LogP contribution in [0.15, 0.2) is 54.6 Å². The van der Waals surface area contributed by atoms with Gasteiger partial charge in [0.05, 0.1) is 0 Å². The number of ether oxygens (including phenoxy) is 2. The Morgan fingerprint density at radius 1 is 1.12 bits per heavy atom. The van der Waals surface area contributed by atoms with E-state index in [2.05, 4.69) is 10.1 Å². The molecule has 0 atom stereocenters. The highest BCUT2D eigenvalue weighted by Crippen LogP contribution is 2.16. The summed E-state index contributed by atoms with van der Waals surface area (Å²) in [5, 5.41) is 2.65. The molecule has 0 aromatic heterocycles. The van der Waals surface area contributed by atoms with Gasteiger partial charge in [0.1, 0.15) is 5.75 Å². The predicted octanol–water partition coefficient (Wildman–Crippen LogP) is 3.79. The standard InChI is InChI=1S/C19H17F2NO4/c1-13-4-2-3-5-16(13)22-17(23)12-25-18(24)11-8-14-6-9-15(10-7-14)26-19(20)21/h2-11,19H,12H2,1H3,(H,22,23)/b11-8+.